The van der Waals surface area contributed by atoms with Crippen molar-refractivity contribution in [2.24, 2.45) is 5.92 Å². The third-order valence-corrected chi connectivity index (χ3v) is 5.06. The normalized spacial score (nSPS) is 15.9. The number of nitrogens with zero attached hydrogens (tertiary/aromatic N) is 1. The van der Waals surface area contributed by atoms with Gasteiger partial charge in [0.25, 0.3) is 0 Å². The van der Waals surface area contributed by atoms with Crippen molar-refractivity contribution in [1.82, 2.24) is 10.2 Å². The maximum atomic E-state index is 12.9. The molecule has 0 unspecified atom stereocenters. The maximum Gasteiger partial charge on any atom is 0.123 e. The molecule has 0 bridgehead atoms. The third-order valence-electron chi connectivity index (χ3n) is 5.06. The summed E-state index contributed by atoms with van der Waals surface area (Å²) in [5, 5.41) is 3.52. The van der Waals surface area contributed by atoms with Crippen LogP contribution in [0.25, 0.3) is 0 Å². The van der Waals surface area contributed by atoms with Crippen molar-refractivity contribution in [2.75, 3.05) is 39.3 Å². The van der Waals surface area contributed by atoms with E-state index in [0.717, 1.165) is 50.8 Å². The van der Waals surface area contributed by atoms with Gasteiger partial charge in [0.15, 0.2) is 0 Å². The predicted octanol–water partition coefficient (Wildman–Crippen LogP) is 3.75. The van der Waals surface area contributed by atoms with Crippen LogP contribution in [0.15, 0.2) is 54.6 Å². The monoisotopic (exact) mass is 356 g/mol. The molecule has 4 heteroatoms. The molecule has 3 nitrogen and oxygen atoms in total. The molecule has 1 saturated heterocycles. The second-order valence-corrected chi connectivity index (χ2v) is 7.03. The minimum atomic E-state index is -0.156. The molecular weight excluding hydrogens is 327 g/mol. The summed E-state index contributed by atoms with van der Waals surface area (Å²) in [4.78, 5) is 2.53. The number of halogens is 1. The number of likely N-dealkylation sites (tertiary alicyclic amines) is 1. The molecule has 0 radical (unpaired) electrons. The molecule has 3 rings (SSSR count). The van der Waals surface area contributed by atoms with Gasteiger partial charge in [-0.1, -0.05) is 30.3 Å². The third kappa shape index (κ3) is 6.43. The Hall–Kier alpha value is -1.91. The van der Waals surface area contributed by atoms with Crippen LogP contribution in [0.5, 0.6) is 5.75 Å². The van der Waals surface area contributed by atoms with Crippen LogP contribution in [-0.4, -0.2) is 44.2 Å². The first-order valence-corrected chi connectivity index (χ1v) is 9.65. The molecule has 0 spiro atoms. The summed E-state index contributed by atoms with van der Waals surface area (Å²) in [7, 11) is 0. The molecule has 1 fully saturated rings. The average molecular weight is 356 g/mol. The lowest BCUT2D eigenvalue weighted by Crippen LogP contribution is -2.38. The van der Waals surface area contributed by atoms with Crippen molar-refractivity contribution in [1.29, 1.82) is 0 Å². The molecule has 0 aliphatic carbocycles. The molecule has 1 aliphatic rings. The van der Waals surface area contributed by atoms with E-state index in [1.165, 1.54) is 18.4 Å². The van der Waals surface area contributed by atoms with Crippen LogP contribution in [0.3, 0.4) is 0 Å². The van der Waals surface area contributed by atoms with Gasteiger partial charge in [-0.15, -0.1) is 0 Å². The van der Waals surface area contributed by atoms with Crippen LogP contribution in [0.4, 0.5) is 4.39 Å². The number of rotatable bonds is 9. The summed E-state index contributed by atoms with van der Waals surface area (Å²) in [6, 6.07) is 16.8. The number of ether oxygens (including phenoxy) is 1. The lowest BCUT2D eigenvalue weighted by Gasteiger charge is -2.32. The van der Waals surface area contributed by atoms with Crippen LogP contribution < -0.4 is 10.1 Å². The number of para-hydroxylation sites is 1. The van der Waals surface area contributed by atoms with Crippen molar-refractivity contribution in [3.05, 3.63) is 66.0 Å². The summed E-state index contributed by atoms with van der Waals surface area (Å²) in [5.74, 6) is 1.54. The summed E-state index contributed by atoms with van der Waals surface area (Å²) in [6.07, 6.45) is 3.49. The van der Waals surface area contributed by atoms with Crippen molar-refractivity contribution < 1.29 is 9.13 Å². The van der Waals surface area contributed by atoms with Crippen LogP contribution in [0, 0.1) is 11.7 Å². The van der Waals surface area contributed by atoms with Gasteiger partial charge in [0.2, 0.25) is 0 Å². The van der Waals surface area contributed by atoms with Gasteiger partial charge >= 0.3 is 0 Å². The SMILES string of the molecule is Fc1ccc(CCN2CCC(CNCCOc3ccccc3)CC2)cc1. The summed E-state index contributed by atoms with van der Waals surface area (Å²) in [5.41, 5.74) is 1.22. The maximum absolute atomic E-state index is 12.9. The van der Waals surface area contributed by atoms with Gasteiger partial charge in [-0.25, -0.2) is 4.39 Å². The van der Waals surface area contributed by atoms with E-state index in [1.54, 1.807) is 12.1 Å². The fourth-order valence-electron chi connectivity index (χ4n) is 3.42. The van der Waals surface area contributed by atoms with Crippen LogP contribution in [0.2, 0.25) is 0 Å². The molecule has 0 saturated carbocycles. The molecule has 1 aliphatic heterocycles. The number of benzene rings is 2. The topological polar surface area (TPSA) is 24.5 Å². The van der Waals surface area contributed by atoms with Crippen molar-refractivity contribution in [2.45, 2.75) is 19.3 Å². The Morgan fingerprint density at radius 3 is 2.46 bits per heavy atom. The highest BCUT2D eigenvalue weighted by Crippen LogP contribution is 2.17. The minimum absolute atomic E-state index is 0.156. The van der Waals surface area contributed by atoms with E-state index in [4.69, 9.17) is 4.74 Å². The van der Waals surface area contributed by atoms with Gasteiger partial charge in [0.05, 0.1) is 0 Å². The first kappa shape index (κ1) is 18.9. The van der Waals surface area contributed by atoms with Crippen LogP contribution in [0.1, 0.15) is 18.4 Å². The minimum Gasteiger partial charge on any atom is -0.492 e. The Labute approximate surface area is 156 Å². The van der Waals surface area contributed by atoms with Gasteiger partial charge in [0, 0.05) is 13.1 Å². The molecule has 1 N–H and O–H groups in total. The molecule has 0 aromatic heterocycles. The lowest BCUT2D eigenvalue weighted by atomic mass is 9.96. The number of hydrogen-bond acceptors (Lipinski definition) is 3. The molecule has 140 valence electrons. The molecule has 0 atom stereocenters. The zero-order valence-electron chi connectivity index (χ0n) is 15.4. The van der Waals surface area contributed by atoms with Crippen LogP contribution in [-0.2, 0) is 6.42 Å². The highest BCUT2D eigenvalue weighted by atomic mass is 19.1. The quantitative estimate of drug-likeness (QED) is 0.693. The van der Waals surface area contributed by atoms with Crippen molar-refractivity contribution >= 4 is 0 Å². The Morgan fingerprint density at radius 2 is 1.73 bits per heavy atom. The van der Waals surface area contributed by atoms with E-state index in [9.17, 15) is 4.39 Å². The largest absolute Gasteiger partial charge is 0.492 e. The van der Waals surface area contributed by atoms with E-state index in [2.05, 4.69) is 10.2 Å². The van der Waals surface area contributed by atoms with E-state index in [1.807, 2.05) is 42.5 Å². The Kier molecular flexibility index (Phi) is 7.47. The predicted molar refractivity (Wildman–Crippen MR) is 104 cm³/mol. The second kappa shape index (κ2) is 10.3. The molecule has 0 amide bonds. The van der Waals surface area contributed by atoms with Gasteiger partial charge < -0.3 is 15.0 Å². The molecule has 2 aromatic rings. The Morgan fingerprint density at radius 1 is 1.00 bits per heavy atom. The molecule has 2 aromatic carbocycles. The molecule has 1 heterocycles. The zero-order chi connectivity index (χ0) is 18.0. The van der Waals surface area contributed by atoms with Gasteiger partial charge in [-0.05, 0) is 74.6 Å². The van der Waals surface area contributed by atoms with Gasteiger partial charge in [0.1, 0.15) is 18.2 Å². The van der Waals surface area contributed by atoms with Crippen molar-refractivity contribution in [3.63, 3.8) is 0 Å². The fourth-order valence-corrected chi connectivity index (χ4v) is 3.42. The summed E-state index contributed by atoms with van der Waals surface area (Å²) >= 11 is 0. The van der Waals surface area contributed by atoms with Crippen molar-refractivity contribution in [3.8, 4) is 5.75 Å². The summed E-state index contributed by atoms with van der Waals surface area (Å²) < 4.78 is 18.6. The number of nitrogens with one attached hydrogen (secondary N) is 1. The molecule has 26 heavy (non-hydrogen) atoms. The molecular formula is C22H29FN2O. The zero-order valence-corrected chi connectivity index (χ0v) is 15.4. The lowest BCUT2D eigenvalue weighted by molar-refractivity contribution is 0.182. The number of piperidine rings is 1. The van der Waals surface area contributed by atoms with E-state index in [-0.39, 0.29) is 5.82 Å². The summed E-state index contributed by atoms with van der Waals surface area (Å²) in [6.45, 7) is 6.06. The highest BCUT2D eigenvalue weighted by molar-refractivity contribution is 5.20. The van der Waals surface area contributed by atoms with Crippen LogP contribution >= 0.6 is 0 Å². The average Bonchev–Trinajstić information content (AvgIpc) is 2.69. The Bertz CT molecular complexity index is 624. The smallest absolute Gasteiger partial charge is 0.123 e. The first-order valence-electron chi connectivity index (χ1n) is 9.65. The first-order chi connectivity index (χ1) is 12.8. The van der Waals surface area contributed by atoms with Gasteiger partial charge in [-0.2, -0.15) is 0 Å². The van der Waals surface area contributed by atoms with E-state index < -0.39 is 0 Å². The highest BCUT2D eigenvalue weighted by Gasteiger charge is 2.18. The Balaban J connectivity index is 1.24. The van der Waals surface area contributed by atoms with E-state index >= 15 is 0 Å². The fraction of sp³-hybridized carbons (Fsp3) is 0.455. The second-order valence-electron chi connectivity index (χ2n) is 7.03. The van der Waals surface area contributed by atoms with E-state index in [0.29, 0.717) is 6.61 Å². The number of hydrogen-bond donors (Lipinski definition) is 1. The van der Waals surface area contributed by atoms with Gasteiger partial charge in [-0.3, -0.25) is 0 Å². The standard InChI is InChI=1S/C22H29FN2O/c23-21-8-6-19(7-9-21)10-14-25-15-11-20(12-16-25)18-24-13-17-26-22-4-2-1-3-5-22/h1-9,20,24H,10-18H2.